The van der Waals surface area contributed by atoms with Gasteiger partial charge in [0.05, 0.1) is 23.5 Å². The lowest BCUT2D eigenvalue weighted by molar-refractivity contribution is -0.115. The summed E-state index contributed by atoms with van der Waals surface area (Å²) >= 11 is 3.20. The first-order valence-electron chi connectivity index (χ1n) is 9.86. The average molecular weight is 440 g/mol. The number of para-hydroxylation sites is 2. The Balaban J connectivity index is 1.27. The number of hydrogen-bond acceptors (Lipinski definition) is 6. The third-order valence-corrected chi connectivity index (χ3v) is 7.23. The van der Waals surface area contributed by atoms with Crippen LogP contribution in [0.2, 0.25) is 0 Å². The summed E-state index contributed by atoms with van der Waals surface area (Å²) in [5.74, 6) is -0.113. The Bertz CT molecular complexity index is 1090. The number of rotatable bonds is 5. The van der Waals surface area contributed by atoms with Crippen LogP contribution in [-0.4, -0.2) is 36.6 Å². The molecule has 3 amide bonds. The number of aromatic nitrogens is 1. The number of carbonyl (C=O) groups is 2. The van der Waals surface area contributed by atoms with Gasteiger partial charge >= 0.3 is 6.03 Å². The topological polar surface area (TPSA) is 77.6 Å². The van der Waals surface area contributed by atoms with E-state index in [1.165, 1.54) is 21.8 Å². The summed E-state index contributed by atoms with van der Waals surface area (Å²) in [6, 6.07) is 9.99. The number of benzene rings is 1. The first-order chi connectivity index (χ1) is 14.7. The van der Waals surface area contributed by atoms with Gasteiger partial charge < -0.3 is 15.5 Å². The van der Waals surface area contributed by atoms with Crippen molar-refractivity contribution >= 4 is 51.1 Å². The van der Waals surface area contributed by atoms with Crippen molar-refractivity contribution < 1.29 is 9.59 Å². The quantitative estimate of drug-likeness (QED) is 0.638. The van der Waals surface area contributed by atoms with Gasteiger partial charge in [-0.2, -0.15) is 0 Å². The van der Waals surface area contributed by atoms with Gasteiger partial charge in [-0.25, -0.2) is 9.78 Å². The highest BCUT2D eigenvalue weighted by molar-refractivity contribution is 7.14. The van der Waals surface area contributed by atoms with Gasteiger partial charge in [0.15, 0.2) is 5.13 Å². The SMILES string of the molecule is O=C(Cc1csc(N2CCNC2=O)n1)Nc1ccccc1N1CCc2sccc2C1. The maximum absolute atomic E-state index is 12.7. The monoisotopic (exact) mass is 439 g/mol. The highest BCUT2D eigenvalue weighted by Gasteiger charge is 2.24. The van der Waals surface area contributed by atoms with Crippen LogP contribution in [0.5, 0.6) is 0 Å². The van der Waals surface area contributed by atoms with E-state index in [9.17, 15) is 9.59 Å². The molecule has 0 radical (unpaired) electrons. The summed E-state index contributed by atoms with van der Waals surface area (Å²) in [5.41, 5.74) is 3.89. The van der Waals surface area contributed by atoms with E-state index in [4.69, 9.17) is 0 Å². The normalized spacial score (nSPS) is 15.8. The molecule has 1 saturated heterocycles. The Labute approximate surface area is 182 Å². The van der Waals surface area contributed by atoms with Crippen molar-refractivity contribution in [2.24, 2.45) is 0 Å². The zero-order valence-electron chi connectivity index (χ0n) is 16.3. The fourth-order valence-corrected chi connectivity index (χ4v) is 5.56. The Morgan fingerprint density at radius 2 is 2.10 bits per heavy atom. The number of thiazole rings is 1. The molecule has 0 atom stereocenters. The van der Waals surface area contributed by atoms with Crippen LogP contribution in [0.1, 0.15) is 16.1 Å². The van der Waals surface area contributed by atoms with Crippen molar-refractivity contribution in [1.29, 1.82) is 0 Å². The molecular formula is C21H21N5O2S2. The molecule has 1 aromatic carbocycles. The molecule has 2 aliphatic heterocycles. The smallest absolute Gasteiger partial charge is 0.323 e. The highest BCUT2D eigenvalue weighted by atomic mass is 32.1. The molecule has 3 aromatic rings. The zero-order chi connectivity index (χ0) is 20.5. The summed E-state index contributed by atoms with van der Waals surface area (Å²) in [4.78, 5) is 34.4. The molecule has 9 heteroatoms. The fourth-order valence-electron chi connectivity index (χ4n) is 3.82. The highest BCUT2D eigenvalue weighted by Crippen LogP contribution is 2.32. The second-order valence-electron chi connectivity index (χ2n) is 7.29. The molecule has 2 aliphatic rings. The molecule has 0 bridgehead atoms. The Morgan fingerprint density at radius 1 is 1.20 bits per heavy atom. The number of carbonyl (C=O) groups excluding carboxylic acids is 2. The van der Waals surface area contributed by atoms with Crippen LogP contribution in [0, 0.1) is 0 Å². The van der Waals surface area contributed by atoms with Crippen molar-refractivity contribution in [3.05, 3.63) is 57.2 Å². The molecule has 0 saturated carbocycles. The minimum atomic E-state index is -0.135. The second kappa shape index (κ2) is 8.08. The van der Waals surface area contributed by atoms with E-state index in [-0.39, 0.29) is 18.4 Å². The van der Waals surface area contributed by atoms with Crippen LogP contribution in [0.15, 0.2) is 41.1 Å². The van der Waals surface area contributed by atoms with E-state index >= 15 is 0 Å². The van der Waals surface area contributed by atoms with Gasteiger partial charge in [-0.05, 0) is 35.6 Å². The average Bonchev–Trinajstić information content (AvgIpc) is 3.48. The number of urea groups is 1. The summed E-state index contributed by atoms with van der Waals surface area (Å²) in [6.07, 6.45) is 1.20. The minimum absolute atomic E-state index is 0.113. The first-order valence-corrected chi connectivity index (χ1v) is 11.6. The first kappa shape index (κ1) is 19.1. The second-order valence-corrected chi connectivity index (χ2v) is 9.12. The van der Waals surface area contributed by atoms with Gasteiger partial charge in [0.25, 0.3) is 0 Å². The van der Waals surface area contributed by atoms with Gasteiger partial charge in [-0.3, -0.25) is 9.69 Å². The van der Waals surface area contributed by atoms with Crippen molar-refractivity contribution in [2.45, 2.75) is 19.4 Å². The van der Waals surface area contributed by atoms with Crippen LogP contribution in [0.3, 0.4) is 0 Å². The van der Waals surface area contributed by atoms with Gasteiger partial charge in [-0.1, -0.05) is 12.1 Å². The van der Waals surface area contributed by atoms with Crippen LogP contribution in [-0.2, 0) is 24.2 Å². The molecule has 5 rings (SSSR count). The molecular weight excluding hydrogens is 418 g/mol. The number of thiophene rings is 1. The van der Waals surface area contributed by atoms with Gasteiger partial charge in [0.2, 0.25) is 5.91 Å². The standard InChI is InChI=1S/C21H21N5O2S2/c27-19(11-15-13-30-21(23-15)26-9-7-22-20(26)28)24-16-3-1-2-4-17(16)25-8-5-18-14(12-25)6-10-29-18/h1-4,6,10,13H,5,7-9,11-12H2,(H,22,28)(H,24,27). The number of amides is 3. The molecule has 154 valence electrons. The van der Waals surface area contributed by atoms with Crippen LogP contribution in [0.25, 0.3) is 0 Å². The summed E-state index contributed by atoms with van der Waals surface area (Å²) in [7, 11) is 0. The lowest BCUT2D eigenvalue weighted by atomic mass is 10.1. The van der Waals surface area contributed by atoms with Crippen molar-refractivity contribution in [3.8, 4) is 0 Å². The van der Waals surface area contributed by atoms with Crippen molar-refractivity contribution in [1.82, 2.24) is 10.3 Å². The van der Waals surface area contributed by atoms with E-state index < -0.39 is 0 Å². The number of nitrogens with zero attached hydrogens (tertiary/aromatic N) is 3. The van der Waals surface area contributed by atoms with E-state index in [0.29, 0.717) is 23.9 Å². The van der Waals surface area contributed by atoms with Crippen LogP contribution >= 0.6 is 22.7 Å². The summed E-state index contributed by atoms with van der Waals surface area (Å²) < 4.78 is 0. The third kappa shape index (κ3) is 3.78. The lowest BCUT2D eigenvalue weighted by Gasteiger charge is -2.30. The van der Waals surface area contributed by atoms with Gasteiger partial charge in [-0.15, -0.1) is 22.7 Å². The largest absolute Gasteiger partial charge is 0.365 e. The van der Waals surface area contributed by atoms with E-state index in [1.54, 1.807) is 4.90 Å². The molecule has 2 aromatic heterocycles. The number of anilines is 3. The van der Waals surface area contributed by atoms with Crippen molar-refractivity contribution in [3.63, 3.8) is 0 Å². The molecule has 2 N–H and O–H groups in total. The molecule has 0 unspecified atom stereocenters. The predicted octanol–water partition coefficient (Wildman–Crippen LogP) is 3.48. The van der Waals surface area contributed by atoms with Crippen molar-refractivity contribution in [2.75, 3.05) is 34.8 Å². The molecule has 0 aliphatic carbocycles. The fraction of sp³-hybridized carbons (Fsp3) is 0.286. The van der Waals surface area contributed by atoms with E-state index in [2.05, 4.69) is 38.0 Å². The third-order valence-electron chi connectivity index (χ3n) is 5.30. The molecule has 7 nitrogen and oxygen atoms in total. The molecule has 4 heterocycles. The van der Waals surface area contributed by atoms with Crippen LogP contribution < -0.4 is 20.4 Å². The number of hydrogen-bond donors (Lipinski definition) is 2. The number of nitrogens with one attached hydrogen (secondary N) is 2. The maximum Gasteiger partial charge on any atom is 0.323 e. The predicted molar refractivity (Wildman–Crippen MR) is 121 cm³/mol. The maximum atomic E-state index is 12.7. The van der Waals surface area contributed by atoms with Gasteiger partial charge in [0.1, 0.15) is 0 Å². The van der Waals surface area contributed by atoms with Gasteiger partial charge in [0, 0.05) is 36.4 Å². The molecule has 1 fully saturated rings. The Kier molecular flexibility index (Phi) is 5.14. The number of fused-ring (bicyclic) bond motifs is 1. The van der Waals surface area contributed by atoms with E-state index in [1.807, 2.05) is 34.9 Å². The lowest BCUT2D eigenvalue weighted by Crippen LogP contribution is -2.30. The zero-order valence-corrected chi connectivity index (χ0v) is 17.9. The molecule has 0 spiro atoms. The summed E-state index contributed by atoms with van der Waals surface area (Å²) in [5, 5.41) is 10.4. The Hall–Kier alpha value is -2.91. The summed E-state index contributed by atoms with van der Waals surface area (Å²) in [6.45, 7) is 3.02. The Morgan fingerprint density at radius 3 is 2.97 bits per heavy atom. The minimum Gasteiger partial charge on any atom is -0.365 e. The van der Waals surface area contributed by atoms with Crippen LogP contribution in [0.4, 0.5) is 21.3 Å². The van der Waals surface area contributed by atoms with E-state index in [0.717, 1.165) is 30.9 Å². The molecule has 30 heavy (non-hydrogen) atoms.